The number of benzene rings is 1. The van der Waals surface area contributed by atoms with E-state index in [9.17, 15) is 19.5 Å². The number of carbonyl (C=O) groups excluding carboxylic acids is 1. The molecule has 1 saturated heterocycles. The van der Waals surface area contributed by atoms with E-state index in [1.165, 1.54) is 6.20 Å². The van der Waals surface area contributed by atoms with Gasteiger partial charge in [0, 0.05) is 42.7 Å². The van der Waals surface area contributed by atoms with Crippen LogP contribution in [0, 0.1) is 11.2 Å². The molecule has 30 heavy (non-hydrogen) atoms. The highest BCUT2D eigenvalue weighted by molar-refractivity contribution is 5.93. The van der Waals surface area contributed by atoms with Crippen LogP contribution in [0.25, 0.3) is 10.9 Å². The van der Waals surface area contributed by atoms with Crippen LogP contribution in [0.1, 0.15) is 42.6 Å². The zero-order valence-electron chi connectivity index (χ0n) is 16.8. The zero-order chi connectivity index (χ0) is 21.6. The predicted octanol–water partition coefficient (Wildman–Crippen LogP) is 1.47. The van der Waals surface area contributed by atoms with Crippen LogP contribution in [-0.4, -0.2) is 47.7 Å². The highest BCUT2D eigenvalue weighted by Crippen LogP contribution is 2.39. The van der Waals surface area contributed by atoms with Gasteiger partial charge in [0.05, 0.1) is 17.7 Å². The molecule has 0 bridgehead atoms. The number of anilines is 1. The van der Waals surface area contributed by atoms with Gasteiger partial charge in [-0.05, 0) is 31.4 Å². The summed E-state index contributed by atoms with van der Waals surface area (Å²) >= 11 is 0. The number of nitrogens with two attached hydrogens (primary N) is 1. The molecule has 9 heteroatoms. The standard InChI is InChI=1S/C21H25FN4O4/c1-21(10-24-18(27)8-23)4-5-25(11-21)17-7-16-13(6-15(17)22)19(28)14(20(29)30)9-26(16)12-2-3-12/h6-7,9,12H,2-5,8,10-11,23H2,1H3,(H,24,27)(H,29,30). The largest absolute Gasteiger partial charge is 0.477 e. The summed E-state index contributed by atoms with van der Waals surface area (Å²) in [5.74, 6) is -2.09. The van der Waals surface area contributed by atoms with Crippen molar-refractivity contribution in [1.29, 1.82) is 0 Å². The van der Waals surface area contributed by atoms with Crippen molar-refractivity contribution in [1.82, 2.24) is 9.88 Å². The molecule has 1 saturated carbocycles. The molecule has 8 nitrogen and oxygen atoms in total. The first-order chi connectivity index (χ1) is 14.2. The topological polar surface area (TPSA) is 118 Å². The molecule has 4 N–H and O–H groups in total. The lowest BCUT2D eigenvalue weighted by Crippen LogP contribution is -2.40. The first-order valence-corrected chi connectivity index (χ1v) is 10.1. The fourth-order valence-corrected chi connectivity index (χ4v) is 4.17. The molecule has 160 valence electrons. The lowest BCUT2D eigenvalue weighted by atomic mass is 9.90. The molecule has 2 aliphatic rings. The summed E-state index contributed by atoms with van der Waals surface area (Å²) < 4.78 is 16.8. The van der Waals surface area contributed by atoms with E-state index >= 15 is 4.39 Å². The van der Waals surface area contributed by atoms with Crippen molar-refractivity contribution < 1.29 is 19.1 Å². The summed E-state index contributed by atoms with van der Waals surface area (Å²) in [6, 6.07) is 2.93. The molecule has 1 unspecified atom stereocenters. The van der Waals surface area contributed by atoms with Crippen LogP contribution in [0.3, 0.4) is 0 Å². The minimum absolute atomic E-state index is 0.0733. The monoisotopic (exact) mass is 416 g/mol. The fraction of sp³-hybridized carbons (Fsp3) is 0.476. The van der Waals surface area contributed by atoms with E-state index in [4.69, 9.17) is 5.73 Å². The van der Waals surface area contributed by atoms with Gasteiger partial charge in [-0.25, -0.2) is 9.18 Å². The Bertz CT molecular complexity index is 1090. The molecule has 1 aromatic carbocycles. The number of amides is 1. The molecule has 1 aromatic heterocycles. The second-order valence-corrected chi connectivity index (χ2v) is 8.60. The third-order valence-corrected chi connectivity index (χ3v) is 6.07. The second kappa shape index (κ2) is 7.39. The molecule has 1 atom stereocenters. The van der Waals surface area contributed by atoms with Gasteiger partial charge in [-0.2, -0.15) is 0 Å². The van der Waals surface area contributed by atoms with Crippen LogP contribution < -0.4 is 21.4 Å². The lowest BCUT2D eigenvalue weighted by molar-refractivity contribution is -0.120. The Morgan fingerprint density at radius 1 is 1.37 bits per heavy atom. The van der Waals surface area contributed by atoms with E-state index in [-0.39, 0.29) is 34.9 Å². The fourth-order valence-electron chi connectivity index (χ4n) is 4.17. The normalized spacial score (nSPS) is 21.2. The van der Waals surface area contributed by atoms with Gasteiger partial charge in [-0.1, -0.05) is 6.92 Å². The van der Waals surface area contributed by atoms with Crippen LogP contribution >= 0.6 is 0 Å². The van der Waals surface area contributed by atoms with Gasteiger partial charge >= 0.3 is 5.97 Å². The average Bonchev–Trinajstić information content (AvgIpc) is 3.48. The number of hydrogen-bond acceptors (Lipinski definition) is 5. The Labute approximate surface area is 172 Å². The second-order valence-electron chi connectivity index (χ2n) is 8.60. The molecule has 2 aromatic rings. The molecule has 1 amide bonds. The van der Waals surface area contributed by atoms with E-state index in [2.05, 4.69) is 5.32 Å². The minimum atomic E-state index is -1.31. The molecule has 0 radical (unpaired) electrons. The van der Waals surface area contributed by atoms with E-state index in [1.807, 2.05) is 11.8 Å². The Balaban J connectivity index is 1.71. The van der Waals surface area contributed by atoms with Crippen molar-refractivity contribution in [3.8, 4) is 0 Å². The van der Waals surface area contributed by atoms with E-state index in [1.54, 1.807) is 10.6 Å². The number of pyridine rings is 1. The Hall–Kier alpha value is -2.94. The van der Waals surface area contributed by atoms with Crippen LogP contribution in [-0.2, 0) is 4.79 Å². The lowest BCUT2D eigenvalue weighted by Gasteiger charge is -2.26. The highest BCUT2D eigenvalue weighted by atomic mass is 19.1. The number of hydrogen-bond donors (Lipinski definition) is 3. The first kappa shape index (κ1) is 20.3. The van der Waals surface area contributed by atoms with Crippen molar-refractivity contribution in [3.05, 3.63) is 39.9 Å². The minimum Gasteiger partial charge on any atom is -0.477 e. The quantitative estimate of drug-likeness (QED) is 0.656. The molecular weight excluding hydrogens is 391 g/mol. The maximum absolute atomic E-state index is 15.0. The van der Waals surface area contributed by atoms with E-state index in [0.29, 0.717) is 30.8 Å². The number of fused-ring (bicyclic) bond motifs is 1. The van der Waals surface area contributed by atoms with E-state index in [0.717, 1.165) is 25.3 Å². The van der Waals surface area contributed by atoms with Gasteiger partial charge in [0.15, 0.2) is 0 Å². The number of carboxylic acids is 1. The molecule has 2 fully saturated rings. The summed E-state index contributed by atoms with van der Waals surface area (Å²) in [5.41, 5.74) is 5.03. The van der Waals surface area contributed by atoms with Crippen LogP contribution in [0.15, 0.2) is 23.1 Å². The van der Waals surface area contributed by atoms with Gasteiger partial charge in [0.2, 0.25) is 11.3 Å². The highest BCUT2D eigenvalue weighted by Gasteiger charge is 2.36. The molecule has 2 heterocycles. The molecular formula is C21H25FN4O4. The van der Waals surface area contributed by atoms with Crippen molar-refractivity contribution >= 4 is 28.5 Å². The number of carbonyl (C=O) groups is 2. The zero-order valence-corrected chi connectivity index (χ0v) is 16.8. The van der Waals surface area contributed by atoms with Crippen molar-refractivity contribution in [2.75, 3.05) is 31.1 Å². The van der Waals surface area contributed by atoms with Gasteiger partial charge in [-0.3, -0.25) is 9.59 Å². The third-order valence-electron chi connectivity index (χ3n) is 6.07. The van der Waals surface area contributed by atoms with Gasteiger partial charge in [-0.15, -0.1) is 0 Å². The average molecular weight is 416 g/mol. The number of rotatable bonds is 6. The van der Waals surface area contributed by atoms with Crippen molar-refractivity contribution in [3.63, 3.8) is 0 Å². The van der Waals surface area contributed by atoms with Gasteiger partial charge in [0.1, 0.15) is 11.4 Å². The smallest absolute Gasteiger partial charge is 0.341 e. The summed E-state index contributed by atoms with van der Waals surface area (Å²) in [6.07, 6.45) is 3.93. The first-order valence-electron chi connectivity index (χ1n) is 10.1. The Kier molecular flexibility index (Phi) is 5.01. The summed E-state index contributed by atoms with van der Waals surface area (Å²) in [5, 5.41) is 12.2. The van der Waals surface area contributed by atoms with Crippen molar-refractivity contribution in [2.24, 2.45) is 11.1 Å². The number of aromatic carboxylic acids is 1. The van der Waals surface area contributed by atoms with E-state index < -0.39 is 17.2 Å². The van der Waals surface area contributed by atoms with Crippen LogP contribution in [0.4, 0.5) is 10.1 Å². The molecule has 1 aliphatic carbocycles. The maximum atomic E-state index is 15.0. The number of nitrogens with zero attached hydrogens (tertiary/aromatic N) is 2. The summed E-state index contributed by atoms with van der Waals surface area (Å²) in [7, 11) is 0. The number of nitrogens with one attached hydrogen (secondary N) is 1. The van der Waals surface area contributed by atoms with Crippen molar-refractivity contribution in [2.45, 2.75) is 32.2 Å². The van der Waals surface area contributed by atoms with Gasteiger partial charge < -0.3 is 25.6 Å². The predicted molar refractivity (Wildman–Crippen MR) is 110 cm³/mol. The molecule has 4 rings (SSSR count). The Morgan fingerprint density at radius 2 is 2.10 bits per heavy atom. The number of aromatic nitrogens is 1. The molecule has 1 aliphatic heterocycles. The summed E-state index contributed by atoms with van der Waals surface area (Å²) in [4.78, 5) is 37.5. The van der Waals surface area contributed by atoms with Crippen LogP contribution in [0.5, 0.6) is 0 Å². The SMILES string of the molecule is CC1(CNC(=O)CN)CCN(c2cc3c(cc2F)c(=O)c(C(=O)O)cn3C2CC2)C1. The third kappa shape index (κ3) is 3.65. The summed E-state index contributed by atoms with van der Waals surface area (Å²) in [6.45, 7) is 3.56. The van der Waals surface area contributed by atoms with Crippen LogP contribution in [0.2, 0.25) is 0 Å². The molecule has 0 spiro atoms. The Morgan fingerprint density at radius 3 is 2.73 bits per heavy atom. The maximum Gasteiger partial charge on any atom is 0.341 e. The number of carboxylic acid groups (broad SMARTS) is 1. The number of halogens is 1. The van der Waals surface area contributed by atoms with Gasteiger partial charge in [0.25, 0.3) is 0 Å².